The first kappa shape index (κ1) is 13.7. The zero-order valence-electron chi connectivity index (χ0n) is 9.94. The van der Waals surface area contributed by atoms with E-state index in [1.807, 2.05) is 4.72 Å². The normalized spacial score (nSPS) is 23.3. The van der Waals surface area contributed by atoms with Gasteiger partial charge in [-0.3, -0.25) is 9.59 Å². The lowest BCUT2D eigenvalue weighted by molar-refractivity contribution is -0.133. The van der Waals surface area contributed by atoms with Gasteiger partial charge in [0, 0.05) is 6.42 Å². The van der Waals surface area contributed by atoms with Crippen LogP contribution in [0.15, 0.2) is 35.2 Å². The van der Waals surface area contributed by atoms with Crippen LogP contribution in [0.2, 0.25) is 0 Å². The molecule has 1 fully saturated rings. The Morgan fingerprint density at radius 3 is 2.42 bits per heavy atom. The molecule has 1 saturated carbocycles. The zero-order chi connectivity index (χ0) is 14.0. The highest BCUT2D eigenvalue weighted by Crippen LogP contribution is 2.23. The Labute approximate surface area is 110 Å². The molecule has 2 rings (SSSR count). The van der Waals surface area contributed by atoms with Crippen LogP contribution in [0, 0.1) is 5.92 Å². The molecule has 2 N–H and O–H groups in total. The lowest BCUT2D eigenvalue weighted by Crippen LogP contribution is -2.41. The predicted molar refractivity (Wildman–Crippen MR) is 65.5 cm³/mol. The van der Waals surface area contributed by atoms with E-state index in [0.717, 1.165) is 0 Å². The second-order valence-corrected chi connectivity index (χ2v) is 6.02. The van der Waals surface area contributed by atoms with Gasteiger partial charge in [-0.05, 0) is 18.6 Å². The van der Waals surface area contributed by atoms with Crippen LogP contribution >= 0.6 is 0 Å². The van der Waals surface area contributed by atoms with Gasteiger partial charge >= 0.3 is 0 Å². The number of rotatable bonds is 3. The summed E-state index contributed by atoms with van der Waals surface area (Å²) in [4.78, 5) is 23.2. The number of carbonyl (C=O) groups is 2. The summed E-state index contributed by atoms with van der Waals surface area (Å²) >= 11 is 0. The Bertz CT molecular complexity index is 596. The fraction of sp³-hybridized carbons (Fsp3) is 0.333. The Kier molecular flexibility index (Phi) is 3.68. The Balaban J connectivity index is 2.17. The van der Waals surface area contributed by atoms with Crippen molar-refractivity contribution in [1.29, 1.82) is 0 Å². The highest BCUT2D eigenvalue weighted by Gasteiger charge is 2.40. The molecule has 1 amide bonds. The first-order chi connectivity index (χ1) is 8.92. The molecule has 0 radical (unpaired) electrons. The number of Topliss-reactive ketones (excluding diaryl/α,β-unsaturated/α-hetero) is 1. The van der Waals surface area contributed by atoms with Crippen molar-refractivity contribution in [3.05, 3.63) is 30.3 Å². The fourth-order valence-electron chi connectivity index (χ4n) is 2.00. The lowest BCUT2D eigenvalue weighted by Gasteiger charge is -2.13. The van der Waals surface area contributed by atoms with Crippen molar-refractivity contribution in [2.75, 3.05) is 0 Å². The molecule has 7 heteroatoms. The van der Waals surface area contributed by atoms with Crippen LogP contribution in [0.3, 0.4) is 0 Å². The average molecular weight is 283 g/mol. The van der Waals surface area contributed by atoms with Crippen LogP contribution in [0.5, 0.6) is 0 Å². The van der Waals surface area contributed by atoms with Crippen molar-refractivity contribution in [2.24, 2.45) is 5.92 Å². The van der Waals surface area contributed by atoms with Crippen molar-refractivity contribution in [3.8, 4) is 0 Å². The van der Waals surface area contributed by atoms with Gasteiger partial charge in [-0.2, -0.15) is 0 Å². The van der Waals surface area contributed by atoms with Gasteiger partial charge < -0.3 is 5.11 Å². The van der Waals surface area contributed by atoms with Crippen molar-refractivity contribution < 1.29 is 23.1 Å². The number of aliphatic hydroxyl groups excluding tert-OH is 1. The van der Waals surface area contributed by atoms with Crippen molar-refractivity contribution in [2.45, 2.75) is 23.8 Å². The molecule has 19 heavy (non-hydrogen) atoms. The van der Waals surface area contributed by atoms with E-state index in [4.69, 9.17) is 0 Å². The van der Waals surface area contributed by atoms with E-state index in [2.05, 4.69) is 0 Å². The molecule has 6 nitrogen and oxygen atoms in total. The van der Waals surface area contributed by atoms with Gasteiger partial charge in [0.15, 0.2) is 0 Å². The van der Waals surface area contributed by atoms with E-state index in [1.54, 1.807) is 6.07 Å². The standard InChI is InChI=1S/C12H13NO5S/c14-9-6-7-10(15)11(9)12(16)13-19(17,18)8-4-2-1-3-5-8/h1-5,9,11,14H,6-7H2,(H,13,16). The van der Waals surface area contributed by atoms with Crippen molar-refractivity contribution in [1.82, 2.24) is 4.72 Å². The highest BCUT2D eigenvalue weighted by molar-refractivity contribution is 7.90. The number of nitrogens with one attached hydrogen (secondary N) is 1. The third-order valence-corrected chi connectivity index (χ3v) is 4.35. The Hall–Kier alpha value is -1.73. The molecule has 0 heterocycles. The second-order valence-electron chi connectivity index (χ2n) is 4.33. The van der Waals surface area contributed by atoms with Crippen LogP contribution in [0.25, 0.3) is 0 Å². The summed E-state index contributed by atoms with van der Waals surface area (Å²) in [5.41, 5.74) is 0. The number of hydrogen-bond acceptors (Lipinski definition) is 5. The molecule has 1 aromatic carbocycles. The van der Waals surface area contributed by atoms with Gasteiger partial charge in [0.25, 0.3) is 10.0 Å². The van der Waals surface area contributed by atoms with Gasteiger partial charge in [-0.1, -0.05) is 18.2 Å². The van der Waals surface area contributed by atoms with Crippen LogP contribution in [0.4, 0.5) is 0 Å². The van der Waals surface area contributed by atoms with E-state index in [-0.39, 0.29) is 17.7 Å². The SMILES string of the molecule is O=C1CCC(O)C1C(=O)NS(=O)(=O)c1ccccc1. The highest BCUT2D eigenvalue weighted by atomic mass is 32.2. The molecule has 1 aliphatic rings. The maximum atomic E-state index is 11.9. The summed E-state index contributed by atoms with van der Waals surface area (Å²) in [5, 5.41) is 9.52. The molecular weight excluding hydrogens is 270 g/mol. The fourth-order valence-corrected chi connectivity index (χ4v) is 3.03. The lowest BCUT2D eigenvalue weighted by atomic mass is 10.1. The first-order valence-corrected chi connectivity index (χ1v) is 7.22. The van der Waals surface area contributed by atoms with Gasteiger partial charge in [0.1, 0.15) is 11.7 Å². The van der Waals surface area contributed by atoms with E-state index >= 15 is 0 Å². The minimum atomic E-state index is -4.01. The van der Waals surface area contributed by atoms with E-state index in [1.165, 1.54) is 24.3 Å². The summed E-state index contributed by atoms with van der Waals surface area (Å²) in [6.45, 7) is 0. The van der Waals surface area contributed by atoms with Gasteiger partial charge in [0.2, 0.25) is 5.91 Å². The quantitative estimate of drug-likeness (QED) is 0.750. The van der Waals surface area contributed by atoms with Crippen molar-refractivity contribution in [3.63, 3.8) is 0 Å². The minimum Gasteiger partial charge on any atom is -0.392 e. The van der Waals surface area contributed by atoms with E-state index < -0.39 is 33.7 Å². The number of benzene rings is 1. The largest absolute Gasteiger partial charge is 0.392 e. The number of carbonyl (C=O) groups excluding carboxylic acids is 2. The number of hydrogen-bond donors (Lipinski definition) is 2. The minimum absolute atomic E-state index is 0.0664. The number of aliphatic hydroxyl groups is 1. The number of ketones is 1. The molecule has 0 aliphatic heterocycles. The van der Waals surface area contributed by atoms with E-state index in [0.29, 0.717) is 0 Å². The monoisotopic (exact) mass is 283 g/mol. The van der Waals surface area contributed by atoms with Crippen LogP contribution in [0.1, 0.15) is 12.8 Å². The molecule has 2 atom stereocenters. The molecule has 102 valence electrons. The molecule has 1 aliphatic carbocycles. The summed E-state index contributed by atoms with van der Waals surface area (Å²) in [5.74, 6) is -2.70. The van der Waals surface area contributed by atoms with Gasteiger partial charge in [0.05, 0.1) is 11.0 Å². The molecule has 0 aromatic heterocycles. The number of amides is 1. The third kappa shape index (κ3) is 2.82. The number of sulfonamides is 1. The Morgan fingerprint density at radius 2 is 1.89 bits per heavy atom. The van der Waals surface area contributed by atoms with Gasteiger partial charge in [-0.15, -0.1) is 0 Å². The van der Waals surface area contributed by atoms with Crippen LogP contribution < -0.4 is 4.72 Å². The molecule has 0 spiro atoms. The third-order valence-electron chi connectivity index (χ3n) is 2.99. The molecule has 1 aromatic rings. The average Bonchev–Trinajstić information content (AvgIpc) is 2.69. The maximum absolute atomic E-state index is 11.9. The van der Waals surface area contributed by atoms with Crippen molar-refractivity contribution >= 4 is 21.7 Å². The van der Waals surface area contributed by atoms with E-state index in [9.17, 15) is 23.1 Å². The predicted octanol–water partition coefficient (Wildman–Crippen LogP) is -0.169. The van der Waals surface area contributed by atoms with Crippen LogP contribution in [-0.4, -0.2) is 31.3 Å². The summed E-state index contributed by atoms with van der Waals surface area (Å²) in [6.07, 6.45) is -0.842. The molecular formula is C12H13NO5S. The summed E-state index contributed by atoms with van der Waals surface area (Å²) in [7, 11) is -4.01. The molecule has 0 saturated heterocycles. The second kappa shape index (κ2) is 5.10. The molecule has 0 bridgehead atoms. The summed E-state index contributed by atoms with van der Waals surface area (Å²) in [6, 6.07) is 7.36. The Morgan fingerprint density at radius 1 is 1.26 bits per heavy atom. The van der Waals surface area contributed by atoms with Gasteiger partial charge in [-0.25, -0.2) is 13.1 Å². The van der Waals surface area contributed by atoms with Crippen LogP contribution in [-0.2, 0) is 19.6 Å². The summed E-state index contributed by atoms with van der Waals surface area (Å²) < 4.78 is 25.6. The first-order valence-electron chi connectivity index (χ1n) is 5.74. The topological polar surface area (TPSA) is 101 Å². The zero-order valence-corrected chi connectivity index (χ0v) is 10.8. The maximum Gasteiger partial charge on any atom is 0.264 e. The molecule has 2 unspecified atom stereocenters. The smallest absolute Gasteiger partial charge is 0.264 e.